The van der Waals surface area contributed by atoms with Gasteiger partial charge < -0.3 is 15.0 Å². The molecule has 3 aromatic rings. The van der Waals surface area contributed by atoms with E-state index in [1.165, 1.54) is 30.5 Å². The Balaban J connectivity index is 1.30. The number of halogens is 2. The first-order valence-electron chi connectivity index (χ1n) is 11.7. The van der Waals surface area contributed by atoms with Gasteiger partial charge in [-0.25, -0.2) is 13.8 Å². The zero-order valence-corrected chi connectivity index (χ0v) is 19.3. The fourth-order valence-electron chi connectivity index (χ4n) is 4.15. The van der Waals surface area contributed by atoms with Crippen molar-refractivity contribution in [1.29, 1.82) is 0 Å². The molecule has 2 aromatic carbocycles. The van der Waals surface area contributed by atoms with Crippen LogP contribution in [0.1, 0.15) is 46.7 Å². The number of likely N-dealkylation sites (tertiary alicyclic amines) is 1. The smallest absolute Gasteiger partial charge is 0.252 e. The fraction of sp³-hybridized carbons (Fsp3) is 0.296. The summed E-state index contributed by atoms with van der Waals surface area (Å²) in [7, 11) is 0. The van der Waals surface area contributed by atoms with Crippen molar-refractivity contribution in [3.8, 4) is 5.88 Å². The van der Waals surface area contributed by atoms with Crippen LogP contribution in [0.25, 0.3) is 0 Å². The number of ether oxygens (including phenoxy) is 1. The second-order valence-corrected chi connectivity index (χ2v) is 8.42. The molecule has 1 saturated heterocycles. The average Bonchev–Trinajstić information content (AvgIpc) is 3.28. The number of benzene rings is 2. The number of hydrogen-bond acceptors (Lipinski definition) is 4. The molecule has 2 amide bonds. The van der Waals surface area contributed by atoms with Gasteiger partial charge in [-0.2, -0.15) is 0 Å². The molecule has 0 spiro atoms. The lowest BCUT2D eigenvalue weighted by atomic mass is 9.88. The van der Waals surface area contributed by atoms with Crippen molar-refractivity contribution in [2.75, 3.05) is 26.2 Å². The van der Waals surface area contributed by atoms with E-state index in [9.17, 15) is 18.4 Å². The molecule has 1 N–H and O–H groups in total. The fourth-order valence-corrected chi connectivity index (χ4v) is 4.15. The first-order valence-corrected chi connectivity index (χ1v) is 11.7. The van der Waals surface area contributed by atoms with Gasteiger partial charge in [0.1, 0.15) is 18.2 Å². The van der Waals surface area contributed by atoms with Gasteiger partial charge in [0.05, 0.1) is 12.1 Å². The molecule has 0 radical (unpaired) electrons. The van der Waals surface area contributed by atoms with E-state index in [0.717, 1.165) is 24.1 Å². The van der Waals surface area contributed by atoms with Gasteiger partial charge in [0.15, 0.2) is 0 Å². The Morgan fingerprint density at radius 2 is 1.66 bits per heavy atom. The number of carbonyl (C=O) groups is 2. The van der Waals surface area contributed by atoms with E-state index in [2.05, 4.69) is 10.3 Å². The highest BCUT2D eigenvalue weighted by molar-refractivity contribution is 5.93. The Morgan fingerprint density at radius 3 is 2.20 bits per heavy atom. The summed E-state index contributed by atoms with van der Waals surface area (Å²) in [4.78, 5) is 30.2. The molecular weight excluding hydrogens is 452 g/mol. The first-order chi connectivity index (χ1) is 17.0. The highest BCUT2D eigenvalue weighted by atomic mass is 19.1. The molecule has 0 bridgehead atoms. The molecule has 1 aromatic heterocycles. The van der Waals surface area contributed by atoms with Crippen molar-refractivity contribution < 1.29 is 23.1 Å². The van der Waals surface area contributed by atoms with Gasteiger partial charge >= 0.3 is 0 Å². The maximum atomic E-state index is 13.4. The molecule has 0 aliphatic carbocycles. The summed E-state index contributed by atoms with van der Waals surface area (Å²) in [5.41, 5.74) is 2.16. The molecule has 6 nitrogen and oxygen atoms in total. The third kappa shape index (κ3) is 6.62. The van der Waals surface area contributed by atoms with Crippen LogP contribution in [-0.4, -0.2) is 47.9 Å². The zero-order chi connectivity index (χ0) is 24.6. The van der Waals surface area contributed by atoms with Gasteiger partial charge in [0, 0.05) is 37.7 Å². The van der Waals surface area contributed by atoms with Gasteiger partial charge in [0.25, 0.3) is 5.91 Å². The zero-order valence-electron chi connectivity index (χ0n) is 19.3. The maximum Gasteiger partial charge on any atom is 0.252 e. The van der Waals surface area contributed by atoms with Crippen LogP contribution in [0.2, 0.25) is 0 Å². The summed E-state index contributed by atoms with van der Waals surface area (Å²) in [5, 5.41) is 2.88. The Hall–Kier alpha value is -3.81. The molecule has 182 valence electrons. The predicted molar refractivity (Wildman–Crippen MR) is 127 cm³/mol. The number of rotatable bonds is 10. The molecule has 1 aliphatic heterocycles. The number of pyridine rings is 1. The van der Waals surface area contributed by atoms with E-state index in [1.54, 1.807) is 41.3 Å². The molecule has 2 heterocycles. The van der Waals surface area contributed by atoms with Crippen LogP contribution < -0.4 is 10.1 Å². The number of nitrogens with zero attached hydrogens (tertiary/aromatic N) is 2. The Kier molecular flexibility index (Phi) is 8.03. The van der Waals surface area contributed by atoms with Gasteiger partial charge in [-0.3, -0.25) is 9.59 Å². The van der Waals surface area contributed by atoms with Gasteiger partial charge in [-0.15, -0.1) is 0 Å². The summed E-state index contributed by atoms with van der Waals surface area (Å²) < 4.78 is 32.4. The van der Waals surface area contributed by atoms with Crippen LogP contribution in [-0.2, 0) is 4.79 Å². The highest BCUT2D eigenvalue weighted by Gasteiger charge is 2.19. The predicted octanol–water partition coefficient (Wildman–Crippen LogP) is 4.31. The number of aromatic nitrogens is 1. The monoisotopic (exact) mass is 479 g/mol. The minimum atomic E-state index is -0.329. The quantitative estimate of drug-likeness (QED) is 0.470. The molecule has 0 saturated carbocycles. The van der Waals surface area contributed by atoms with Crippen molar-refractivity contribution in [2.45, 2.75) is 25.2 Å². The van der Waals surface area contributed by atoms with Crippen molar-refractivity contribution in [2.24, 2.45) is 0 Å². The van der Waals surface area contributed by atoms with Crippen LogP contribution in [0.15, 0.2) is 66.9 Å². The van der Waals surface area contributed by atoms with E-state index < -0.39 is 0 Å². The summed E-state index contributed by atoms with van der Waals surface area (Å²) in [6.07, 6.45) is 3.47. The number of carbonyl (C=O) groups excluding carboxylic acids is 2. The van der Waals surface area contributed by atoms with Crippen molar-refractivity contribution in [3.63, 3.8) is 0 Å². The Labute approximate surface area is 202 Å². The van der Waals surface area contributed by atoms with Crippen LogP contribution in [0.3, 0.4) is 0 Å². The van der Waals surface area contributed by atoms with Gasteiger partial charge in [-0.05, 0) is 54.3 Å². The highest BCUT2D eigenvalue weighted by Crippen LogP contribution is 2.28. The number of hydrogen-bond donors (Lipinski definition) is 1. The van der Waals surface area contributed by atoms with Crippen molar-refractivity contribution in [1.82, 2.24) is 15.2 Å². The maximum absolute atomic E-state index is 13.4. The molecule has 0 unspecified atom stereocenters. The lowest BCUT2D eigenvalue weighted by molar-refractivity contribution is -0.128. The number of amides is 2. The minimum absolute atomic E-state index is 0.132. The van der Waals surface area contributed by atoms with Crippen LogP contribution >= 0.6 is 0 Å². The molecule has 1 fully saturated rings. The van der Waals surface area contributed by atoms with E-state index in [0.29, 0.717) is 44.0 Å². The van der Waals surface area contributed by atoms with Crippen LogP contribution in [0.5, 0.6) is 5.88 Å². The topological polar surface area (TPSA) is 71.5 Å². The molecule has 0 atom stereocenters. The van der Waals surface area contributed by atoms with Crippen molar-refractivity contribution >= 4 is 11.8 Å². The standard InChI is InChI=1S/C27H27F2N3O3/c28-22-8-3-19(4-9-22)24(20-5-10-23(29)11-6-20)13-14-30-27(34)21-7-12-25(31-18-21)35-17-16-32-15-1-2-26(32)33/h3-12,18,24H,1-2,13-17H2,(H,30,34). The second kappa shape index (κ2) is 11.6. The third-order valence-corrected chi connectivity index (χ3v) is 6.04. The third-order valence-electron chi connectivity index (χ3n) is 6.04. The summed E-state index contributed by atoms with van der Waals surface area (Å²) in [6.45, 7) is 1.99. The molecule has 8 heteroatoms. The molecular formula is C27H27F2N3O3. The summed E-state index contributed by atoms with van der Waals surface area (Å²) >= 11 is 0. The lowest BCUT2D eigenvalue weighted by Crippen LogP contribution is -2.29. The van der Waals surface area contributed by atoms with E-state index in [4.69, 9.17) is 4.74 Å². The Morgan fingerprint density at radius 1 is 1.00 bits per heavy atom. The number of nitrogens with one attached hydrogen (secondary N) is 1. The van der Waals surface area contributed by atoms with Crippen LogP contribution in [0, 0.1) is 11.6 Å². The molecule has 4 rings (SSSR count). The average molecular weight is 480 g/mol. The minimum Gasteiger partial charge on any atom is -0.476 e. The summed E-state index contributed by atoms with van der Waals surface area (Å²) in [5.74, 6) is -0.527. The summed E-state index contributed by atoms with van der Waals surface area (Å²) in [6, 6.07) is 15.6. The van der Waals surface area contributed by atoms with E-state index in [-0.39, 0.29) is 29.4 Å². The van der Waals surface area contributed by atoms with E-state index >= 15 is 0 Å². The molecule has 1 aliphatic rings. The molecule has 35 heavy (non-hydrogen) atoms. The SMILES string of the molecule is O=C(NCCC(c1ccc(F)cc1)c1ccc(F)cc1)c1ccc(OCCN2CCCC2=O)nc1. The second-order valence-electron chi connectivity index (χ2n) is 8.42. The first kappa shape index (κ1) is 24.3. The Bertz CT molecular complexity index is 1090. The van der Waals surface area contributed by atoms with Crippen molar-refractivity contribution in [3.05, 3.63) is 95.2 Å². The van der Waals surface area contributed by atoms with E-state index in [1.807, 2.05) is 0 Å². The normalized spacial score (nSPS) is 13.3. The lowest BCUT2D eigenvalue weighted by Gasteiger charge is -2.19. The van der Waals surface area contributed by atoms with Crippen LogP contribution in [0.4, 0.5) is 8.78 Å². The largest absolute Gasteiger partial charge is 0.476 e. The van der Waals surface area contributed by atoms with Gasteiger partial charge in [0.2, 0.25) is 11.8 Å². The van der Waals surface area contributed by atoms with Gasteiger partial charge in [-0.1, -0.05) is 24.3 Å².